The van der Waals surface area contributed by atoms with Gasteiger partial charge in [0.15, 0.2) is 0 Å². The monoisotopic (exact) mass is 380 g/mol. The van der Waals surface area contributed by atoms with E-state index in [1.807, 2.05) is 37.3 Å². The van der Waals surface area contributed by atoms with Crippen LogP contribution in [0.5, 0.6) is 5.75 Å². The normalized spacial score (nSPS) is 15.0. The lowest BCUT2D eigenvalue weighted by Crippen LogP contribution is -2.41. The fourth-order valence-electron chi connectivity index (χ4n) is 3.62. The van der Waals surface area contributed by atoms with Gasteiger partial charge in [-0.1, -0.05) is 12.1 Å². The number of amides is 1. The first-order chi connectivity index (χ1) is 13.6. The molecule has 1 aromatic carbocycles. The molecule has 0 bridgehead atoms. The number of rotatable bonds is 5. The number of carbonyl (C=O) groups excluding carboxylic acids is 1. The minimum Gasteiger partial charge on any atom is -0.497 e. The molecule has 3 aromatic rings. The Kier molecular flexibility index (Phi) is 5.10. The van der Waals surface area contributed by atoms with Crippen LogP contribution in [-0.2, 0) is 11.3 Å². The van der Waals surface area contributed by atoms with Crippen molar-refractivity contribution < 1.29 is 9.53 Å². The lowest BCUT2D eigenvalue weighted by molar-refractivity contribution is -0.125. The van der Waals surface area contributed by atoms with Crippen LogP contribution in [0.4, 0.5) is 5.82 Å². The summed E-state index contributed by atoms with van der Waals surface area (Å²) >= 11 is 0. The van der Waals surface area contributed by atoms with E-state index in [1.165, 1.54) is 6.33 Å². The number of aryl methyl sites for hydroxylation is 1. The highest BCUT2D eigenvalue weighted by Crippen LogP contribution is 2.24. The molecule has 0 atom stereocenters. The van der Waals surface area contributed by atoms with Gasteiger partial charge in [0.2, 0.25) is 5.91 Å². The van der Waals surface area contributed by atoms with Crippen molar-refractivity contribution >= 4 is 17.5 Å². The SMILES string of the molecule is COc1cccc(CNC(=O)C2CCN(c3cc(C)nc4ncnn34)CC2)c1. The molecule has 0 saturated carbocycles. The Morgan fingerprint density at radius 2 is 2.11 bits per heavy atom. The number of carbonyl (C=O) groups is 1. The Hall–Kier alpha value is -3.16. The number of aromatic nitrogens is 4. The van der Waals surface area contributed by atoms with Gasteiger partial charge in [0.1, 0.15) is 17.9 Å². The highest BCUT2D eigenvalue weighted by molar-refractivity contribution is 5.79. The van der Waals surface area contributed by atoms with Gasteiger partial charge in [0.05, 0.1) is 7.11 Å². The molecule has 1 aliphatic heterocycles. The predicted molar refractivity (Wildman–Crippen MR) is 105 cm³/mol. The molecule has 0 radical (unpaired) electrons. The molecule has 0 aliphatic carbocycles. The third-order valence-corrected chi connectivity index (χ3v) is 5.15. The van der Waals surface area contributed by atoms with Gasteiger partial charge >= 0.3 is 0 Å². The molecule has 8 heteroatoms. The number of nitrogens with zero attached hydrogens (tertiary/aromatic N) is 5. The largest absolute Gasteiger partial charge is 0.497 e. The molecule has 1 saturated heterocycles. The Morgan fingerprint density at radius 1 is 1.29 bits per heavy atom. The summed E-state index contributed by atoms with van der Waals surface area (Å²) in [6, 6.07) is 9.78. The summed E-state index contributed by atoms with van der Waals surface area (Å²) in [4.78, 5) is 23.4. The number of anilines is 1. The van der Waals surface area contributed by atoms with Gasteiger partial charge in [-0.2, -0.15) is 14.6 Å². The van der Waals surface area contributed by atoms with E-state index in [-0.39, 0.29) is 11.8 Å². The van der Waals surface area contributed by atoms with Gasteiger partial charge in [-0.05, 0) is 37.5 Å². The maximum absolute atomic E-state index is 12.6. The van der Waals surface area contributed by atoms with Crippen LogP contribution in [0.3, 0.4) is 0 Å². The Bertz CT molecular complexity index is 978. The Balaban J connectivity index is 1.35. The van der Waals surface area contributed by atoms with E-state index in [0.717, 1.165) is 48.8 Å². The molecule has 0 spiro atoms. The quantitative estimate of drug-likeness (QED) is 0.729. The van der Waals surface area contributed by atoms with Crippen LogP contribution in [-0.4, -0.2) is 45.7 Å². The van der Waals surface area contributed by atoms with Gasteiger partial charge in [-0.3, -0.25) is 4.79 Å². The molecule has 3 heterocycles. The van der Waals surface area contributed by atoms with Crippen LogP contribution in [0, 0.1) is 12.8 Å². The molecule has 1 amide bonds. The van der Waals surface area contributed by atoms with E-state index >= 15 is 0 Å². The average Bonchev–Trinajstić information content (AvgIpc) is 3.20. The highest BCUT2D eigenvalue weighted by atomic mass is 16.5. The van der Waals surface area contributed by atoms with Gasteiger partial charge < -0.3 is 15.0 Å². The molecule has 8 nitrogen and oxygen atoms in total. The summed E-state index contributed by atoms with van der Waals surface area (Å²) < 4.78 is 6.99. The topological polar surface area (TPSA) is 84.6 Å². The van der Waals surface area contributed by atoms with Crippen molar-refractivity contribution in [2.45, 2.75) is 26.3 Å². The van der Waals surface area contributed by atoms with Crippen LogP contribution in [0.25, 0.3) is 5.78 Å². The van der Waals surface area contributed by atoms with E-state index in [2.05, 4.69) is 25.3 Å². The van der Waals surface area contributed by atoms with E-state index in [0.29, 0.717) is 12.3 Å². The van der Waals surface area contributed by atoms with Gasteiger partial charge in [-0.15, -0.1) is 0 Å². The summed E-state index contributed by atoms with van der Waals surface area (Å²) in [5.74, 6) is 2.52. The van der Waals surface area contributed by atoms with E-state index in [4.69, 9.17) is 4.74 Å². The second-order valence-corrected chi connectivity index (χ2v) is 7.06. The molecule has 1 aliphatic rings. The maximum Gasteiger partial charge on any atom is 0.254 e. The van der Waals surface area contributed by atoms with Gasteiger partial charge in [0.25, 0.3) is 5.78 Å². The van der Waals surface area contributed by atoms with Crippen molar-refractivity contribution in [3.05, 3.63) is 47.9 Å². The molecular formula is C20H24N6O2. The molecule has 146 valence electrons. The second kappa shape index (κ2) is 7.84. The summed E-state index contributed by atoms with van der Waals surface area (Å²) in [7, 11) is 1.64. The number of fused-ring (bicyclic) bond motifs is 1. The number of nitrogens with one attached hydrogen (secondary N) is 1. The predicted octanol–water partition coefficient (Wildman–Crippen LogP) is 1.97. The van der Waals surface area contributed by atoms with Crippen LogP contribution in [0.1, 0.15) is 24.1 Å². The van der Waals surface area contributed by atoms with Crippen LogP contribution >= 0.6 is 0 Å². The zero-order valence-electron chi connectivity index (χ0n) is 16.1. The van der Waals surface area contributed by atoms with E-state index in [9.17, 15) is 4.79 Å². The molecular weight excluding hydrogens is 356 g/mol. The molecule has 2 aromatic heterocycles. The lowest BCUT2D eigenvalue weighted by atomic mass is 9.95. The van der Waals surface area contributed by atoms with Crippen molar-refractivity contribution in [1.82, 2.24) is 24.9 Å². The summed E-state index contributed by atoms with van der Waals surface area (Å²) in [6.07, 6.45) is 3.13. The lowest BCUT2D eigenvalue weighted by Gasteiger charge is -2.32. The minimum absolute atomic E-state index is 0.0241. The number of hydrogen-bond acceptors (Lipinski definition) is 6. The second-order valence-electron chi connectivity index (χ2n) is 7.06. The fourth-order valence-corrected chi connectivity index (χ4v) is 3.62. The van der Waals surface area contributed by atoms with Gasteiger partial charge in [-0.25, -0.2) is 4.98 Å². The minimum atomic E-state index is 0.0241. The number of methoxy groups -OCH3 is 1. The zero-order chi connectivity index (χ0) is 19.5. The third-order valence-electron chi connectivity index (χ3n) is 5.15. The first-order valence-corrected chi connectivity index (χ1v) is 9.47. The van der Waals surface area contributed by atoms with Crippen molar-refractivity contribution in [3.63, 3.8) is 0 Å². The van der Waals surface area contributed by atoms with Crippen LogP contribution in [0.15, 0.2) is 36.7 Å². The molecule has 4 rings (SSSR count). The highest BCUT2D eigenvalue weighted by Gasteiger charge is 2.26. The zero-order valence-corrected chi connectivity index (χ0v) is 16.1. The Morgan fingerprint density at radius 3 is 2.89 bits per heavy atom. The fraction of sp³-hybridized carbons (Fsp3) is 0.400. The van der Waals surface area contributed by atoms with Crippen molar-refractivity contribution in [3.8, 4) is 5.75 Å². The average molecular weight is 380 g/mol. The molecule has 1 N–H and O–H groups in total. The smallest absolute Gasteiger partial charge is 0.254 e. The Labute approximate surface area is 163 Å². The number of ether oxygens (including phenoxy) is 1. The summed E-state index contributed by atoms with van der Waals surface area (Å²) in [5.41, 5.74) is 1.94. The summed E-state index contributed by atoms with van der Waals surface area (Å²) in [5, 5.41) is 7.34. The molecule has 28 heavy (non-hydrogen) atoms. The first-order valence-electron chi connectivity index (χ1n) is 9.47. The summed E-state index contributed by atoms with van der Waals surface area (Å²) in [6.45, 7) is 4.07. The number of hydrogen-bond donors (Lipinski definition) is 1. The van der Waals surface area contributed by atoms with E-state index < -0.39 is 0 Å². The molecule has 1 fully saturated rings. The third kappa shape index (κ3) is 3.76. The van der Waals surface area contributed by atoms with E-state index in [1.54, 1.807) is 11.6 Å². The first kappa shape index (κ1) is 18.2. The van der Waals surface area contributed by atoms with Crippen LogP contribution in [0.2, 0.25) is 0 Å². The number of benzene rings is 1. The standard InChI is InChI=1S/C20H24N6O2/c1-14-10-18(26-20(24-14)22-13-23-26)25-8-6-16(7-9-25)19(27)21-12-15-4-3-5-17(11-15)28-2/h3-5,10-11,13,16H,6-9,12H2,1-2H3,(H,21,27). The maximum atomic E-state index is 12.6. The number of piperidine rings is 1. The molecule has 0 unspecified atom stereocenters. The van der Waals surface area contributed by atoms with Crippen molar-refractivity contribution in [1.29, 1.82) is 0 Å². The van der Waals surface area contributed by atoms with Gasteiger partial charge in [0, 0.05) is 37.3 Å². The van der Waals surface area contributed by atoms with Crippen molar-refractivity contribution in [2.75, 3.05) is 25.1 Å². The van der Waals surface area contributed by atoms with Crippen molar-refractivity contribution in [2.24, 2.45) is 5.92 Å². The van der Waals surface area contributed by atoms with Crippen LogP contribution < -0.4 is 15.0 Å².